The molecule has 0 saturated heterocycles. The number of methoxy groups -OCH3 is 3. The Morgan fingerprint density at radius 3 is 1.32 bits per heavy atom. The molecule has 1 N–H and O–H groups in total. The predicted octanol–water partition coefficient (Wildman–Crippen LogP) is 10.5. The lowest BCUT2D eigenvalue weighted by atomic mass is 10.0. The van der Waals surface area contributed by atoms with Crippen LogP contribution in [0.3, 0.4) is 0 Å². The molecule has 9 aromatic rings. The molecule has 6 aromatic carbocycles. The summed E-state index contributed by atoms with van der Waals surface area (Å²) in [5.74, 6) is -0.572. The fourth-order valence-corrected chi connectivity index (χ4v) is 6.69. The van der Waals surface area contributed by atoms with Gasteiger partial charge in [0.05, 0.1) is 43.6 Å². The van der Waals surface area contributed by atoms with Crippen LogP contribution in [0, 0.1) is 11.6 Å². The Bertz CT molecular complexity index is 3260. The summed E-state index contributed by atoms with van der Waals surface area (Å²) in [6.45, 7) is 4.41. The average Bonchev–Trinajstić information content (AvgIpc) is 4.22. The lowest BCUT2D eigenvalue weighted by Crippen LogP contribution is -2.00. The molecule has 0 aliphatic heterocycles. The molecule has 0 fully saturated rings. The van der Waals surface area contributed by atoms with Crippen molar-refractivity contribution in [1.82, 2.24) is 30.4 Å². The second kappa shape index (κ2) is 23.3. The maximum Gasteiger partial charge on any atom is 0.337 e. The van der Waals surface area contributed by atoms with E-state index in [0.717, 1.165) is 28.8 Å². The molecular formula is C53H44F2N6O10. The molecular weight excluding hydrogens is 919 g/mol. The Morgan fingerprint density at radius 2 is 0.930 bits per heavy atom. The molecule has 0 radical (unpaired) electrons. The first-order valence-corrected chi connectivity index (χ1v) is 21.7. The molecule has 0 spiro atoms. The van der Waals surface area contributed by atoms with Gasteiger partial charge in [-0.2, -0.15) is 15.0 Å². The molecule has 0 unspecified atom stereocenters. The van der Waals surface area contributed by atoms with Gasteiger partial charge in [0.15, 0.2) is 0 Å². The number of rotatable bonds is 12. The number of hydrogen-bond acceptors (Lipinski definition) is 16. The van der Waals surface area contributed by atoms with Gasteiger partial charge in [0.1, 0.15) is 11.6 Å². The zero-order valence-electron chi connectivity index (χ0n) is 38.8. The minimum atomic E-state index is -0.791. The molecule has 16 nitrogen and oxygen atoms in total. The second-order valence-electron chi connectivity index (χ2n) is 15.6. The predicted molar refractivity (Wildman–Crippen MR) is 254 cm³/mol. The van der Waals surface area contributed by atoms with Crippen LogP contribution in [0.25, 0.3) is 68.5 Å². The maximum atomic E-state index is 13.7. The first-order chi connectivity index (χ1) is 34.4. The Labute approximate surface area is 404 Å². The lowest BCUT2D eigenvalue weighted by Gasteiger charge is -2.04. The molecule has 0 bridgehead atoms. The van der Waals surface area contributed by atoms with Crippen molar-refractivity contribution in [1.29, 1.82) is 0 Å². The Kier molecular flexibility index (Phi) is 16.4. The number of halogens is 2. The summed E-state index contributed by atoms with van der Waals surface area (Å²) in [6.07, 6.45) is 0.609. The standard InChI is InChI=1S/C19H18N2O3.C18H16N2O4.C16H10F2N2O3/c1-12(2)13-7-9-14(10-8-13)17-20-18(24-21-17)15-5-4-6-16(11-15)19(22)23-3;1-23-18(22)15-4-2-3-14(11-15)17-19-16(20-24-17)13-7-5-12(6-8-13)9-10-21;1-22-16(21)10-4-2-3-9(7-10)15-19-14(20-23-15)12-6-5-11(17)8-13(12)18/h4-12H,1-3H3;2-8,11,21H,9-10H2,1H3;2-8H,1H3. The first-order valence-electron chi connectivity index (χ1n) is 21.7. The average molecular weight is 963 g/mol. The molecule has 360 valence electrons. The van der Waals surface area contributed by atoms with Crippen molar-refractivity contribution in [2.75, 3.05) is 27.9 Å². The molecule has 0 amide bonds. The van der Waals surface area contributed by atoms with E-state index >= 15 is 0 Å². The first kappa shape index (κ1) is 49.9. The smallest absolute Gasteiger partial charge is 0.337 e. The summed E-state index contributed by atoms with van der Waals surface area (Å²) in [5.41, 5.74) is 7.00. The van der Waals surface area contributed by atoms with Crippen molar-refractivity contribution in [3.05, 3.63) is 179 Å². The van der Waals surface area contributed by atoms with Gasteiger partial charge in [-0.05, 0) is 90.2 Å². The van der Waals surface area contributed by atoms with Crippen molar-refractivity contribution in [2.24, 2.45) is 0 Å². The Hall–Kier alpha value is -9.03. The number of carbonyl (C=O) groups excluding carboxylic acids is 3. The van der Waals surface area contributed by atoms with E-state index in [1.54, 1.807) is 60.7 Å². The molecule has 18 heteroatoms. The number of ether oxygens (including phenoxy) is 3. The normalized spacial score (nSPS) is 10.7. The van der Waals surface area contributed by atoms with Gasteiger partial charge in [0.25, 0.3) is 17.7 Å². The van der Waals surface area contributed by atoms with Crippen molar-refractivity contribution in [3.63, 3.8) is 0 Å². The number of aliphatic hydroxyl groups is 1. The number of benzene rings is 6. The van der Waals surface area contributed by atoms with Gasteiger partial charge in [-0.1, -0.05) is 96.0 Å². The third kappa shape index (κ3) is 12.6. The van der Waals surface area contributed by atoms with E-state index in [2.05, 4.69) is 61.1 Å². The molecule has 0 aliphatic rings. The fourth-order valence-electron chi connectivity index (χ4n) is 6.69. The number of aliphatic hydroxyl groups excluding tert-OH is 1. The van der Waals surface area contributed by atoms with E-state index in [-0.39, 0.29) is 23.9 Å². The van der Waals surface area contributed by atoms with Crippen molar-refractivity contribution in [3.8, 4) is 68.5 Å². The minimum Gasteiger partial charge on any atom is -0.465 e. The minimum absolute atomic E-state index is 0.0130. The maximum absolute atomic E-state index is 13.7. The highest BCUT2D eigenvalue weighted by molar-refractivity contribution is 5.92. The monoisotopic (exact) mass is 962 g/mol. The Morgan fingerprint density at radius 1 is 0.521 bits per heavy atom. The van der Waals surface area contributed by atoms with Gasteiger partial charge < -0.3 is 32.9 Å². The summed E-state index contributed by atoms with van der Waals surface area (Å²) in [4.78, 5) is 47.6. The zero-order valence-corrected chi connectivity index (χ0v) is 38.8. The molecule has 3 heterocycles. The topological polar surface area (TPSA) is 216 Å². The highest BCUT2D eigenvalue weighted by Crippen LogP contribution is 2.28. The van der Waals surface area contributed by atoms with Gasteiger partial charge >= 0.3 is 17.9 Å². The summed E-state index contributed by atoms with van der Waals surface area (Å²) in [6, 6.07) is 38.9. The van der Waals surface area contributed by atoms with Crippen LogP contribution in [0.1, 0.15) is 62.0 Å². The molecule has 3 aromatic heterocycles. The molecule has 71 heavy (non-hydrogen) atoms. The van der Waals surface area contributed by atoms with Gasteiger partial charge in [0, 0.05) is 40.5 Å². The van der Waals surface area contributed by atoms with E-state index in [1.165, 1.54) is 39.0 Å². The van der Waals surface area contributed by atoms with E-state index in [1.807, 2.05) is 42.5 Å². The number of hydrogen-bond donors (Lipinski definition) is 1. The van der Waals surface area contributed by atoms with Crippen LogP contribution in [0.15, 0.2) is 153 Å². The number of nitrogens with zero attached hydrogens (tertiary/aromatic N) is 6. The van der Waals surface area contributed by atoms with E-state index in [0.29, 0.717) is 69.1 Å². The third-order valence-corrected chi connectivity index (χ3v) is 10.5. The molecule has 0 aliphatic carbocycles. The summed E-state index contributed by atoms with van der Waals surface area (Å²) in [5, 5.41) is 20.6. The molecule has 0 atom stereocenters. The number of aromatic nitrogens is 6. The second-order valence-corrected chi connectivity index (χ2v) is 15.6. The number of carbonyl (C=O) groups is 3. The van der Waals surface area contributed by atoms with Crippen LogP contribution in [0.2, 0.25) is 0 Å². The van der Waals surface area contributed by atoms with Crippen LogP contribution in [0.4, 0.5) is 8.78 Å². The molecule has 0 saturated carbocycles. The fraction of sp³-hybridized carbons (Fsp3) is 0.151. The van der Waals surface area contributed by atoms with Crippen LogP contribution < -0.4 is 0 Å². The van der Waals surface area contributed by atoms with Gasteiger partial charge in [-0.15, -0.1) is 0 Å². The van der Waals surface area contributed by atoms with Crippen molar-refractivity contribution < 1.29 is 56.1 Å². The largest absolute Gasteiger partial charge is 0.465 e. The van der Waals surface area contributed by atoms with Gasteiger partial charge in [0.2, 0.25) is 17.5 Å². The van der Waals surface area contributed by atoms with E-state index in [4.69, 9.17) is 28.1 Å². The van der Waals surface area contributed by atoms with Crippen LogP contribution in [0.5, 0.6) is 0 Å². The molecule has 9 rings (SSSR count). The number of esters is 3. The summed E-state index contributed by atoms with van der Waals surface area (Å²) in [7, 11) is 3.96. The third-order valence-electron chi connectivity index (χ3n) is 10.5. The SMILES string of the molecule is COC(=O)c1cccc(-c2nc(-c3ccc(C(C)C)cc3)no2)c1.COC(=O)c1cccc(-c2nc(-c3ccc(CCO)cc3)no2)c1.COC(=O)c1cccc(-c2nc(-c3ccc(F)cc3F)no2)c1. The van der Waals surface area contributed by atoms with E-state index < -0.39 is 29.5 Å². The highest BCUT2D eigenvalue weighted by Gasteiger charge is 2.18. The van der Waals surface area contributed by atoms with Crippen LogP contribution in [-0.4, -0.2) is 81.4 Å². The zero-order chi connectivity index (χ0) is 50.4. The van der Waals surface area contributed by atoms with Crippen molar-refractivity contribution in [2.45, 2.75) is 26.2 Å². The summed E-state index contributed by atoms with van der Waals surface area (Å²) < 4.78 is 56.5. The quantitative estimate of drug-likeness (QED) is 0.0890. The van der Waals surface area contributed by atoms with Gasteiger partial charge in [-0.3, -0.25) is 0 Å². The summed E-state index contributed by atoms with van der Waals surface area (Å²) >= 11 is 0. The van der Waals surface area contributed by atoms with Gasteiger partial charge in [-0.25, -0.2) is 23.2 Å². The van der Waals surface area contributed by atoms with E-state index in [9.17, 15) is 23.2 Å². The van der Waals surface area contributed by atoms with Crippen LogP contribution >= 0.6 is 0 Å². The lowest BCUT2D eigenvalue weighted by molar-refractivity contribution is 0.0592. The van der Waals surface area contributed by atoms with Crippen LogP contribution in [-0.2, 0) is 20.6 Å². The Balaban J connectivity index is 0.000000157. The highest BCUT2D eigenvalue weighted by atomic mass is 19.1. The van der Waals surface area contributed by atoms with Crippen molar-refractivity contribution >= 4 is 17.9 Å².